The van der Waals surface area contributed by atoms with Gasteiger partial charge in [0.1, 0.15) is 0 Å². The van der Waals surface area contributed by atoms with E-state index in [1.807, 2.05) is 5.32 Å². The first-order valence-corrected chi connectivity index (χ1v) is 4.28. The van der Waals surface area contributed by atoms with Crippen LogP contribution < -0.4 is 5.32 Å². The highest BCUT2D eigenvalue weighted by molar-refractivity contribution is 5.66. The Balaban J connectivity index is 2.26. The predicted octanol–water partition coefficient (Wildman–Crippen LogP) is 1.80. The highest BCUT2D eigenvalue weighted by Gasteiger charge is 2.09. The smallest absolute Gasteiger partial charge is 0.416 e. The summed E-state index contributed by atoms with van der Waals surface area (Å²) in [4.78, 5) is 10.0. The van der Waals surface area contributed by atoms with Gasteiger partial charge in [-0.1, -0.05) is 25.2 Å². The topological polar surface area (TPSA) is 49.3 Å². The Morgan fingerprint density at radius 1 is 1.33 bits per heavy atom. The van der Waals surface area contributed by atoms with Crippen LogP contribution in [-0.2, 0) is 0 Å². The molecule has 1 aliphatic carbocycles. The Labute approximate surface area is 72.2 Å². The molecule has 1 amide bonds. The van der Waals surface area contributed by atoms with Crippen molar-refractivity contribution in [1.82, 2.24) is 5.32 Å². The van der Waals surface area contributed by atoms with Crippen molar-refractivity contribution in [2.24, 2.45) is 5.92 Å². The first-order chi connectivity index (χ1) is 5.79. The molecule has 0 atom stereocenters. The van der Waals surface area contributed by atoms with E-state index in [0.717, 1.165) is 12.8 Å². The fraction of sp³-hybridized carbons (Fsp3) is 0.667. The number of hydrogen-bond donors (Lipinski definition) is 2. The van der Waals surface area contributed by atoms with Crippen LogP contribution in [0.1, 0.15) is 32.1 Å². The summed E-state index contributed by atoms with van der Waals surface area (Å²) in [6, 6.07) is 2.46. The molecule has 0 aromatic rings. The summed E-state index contributed by atoms with van der Waals surface area (Å²) in [6.07, 6.45) is 4.92. The maximum atomic E-state index is 10.0. The van der Waals surface area contributed by atoms with Gasteiger partial charge in [0.25, 0.3) is 0 Å². The molecule has 0 heterocycles. The molecule has 0 saturated heterocycles. The van der Waals surface area contributed by atoms with Crippen LogP contribution >= 0.6 is 0 Å². The average Bonchev–Trinajstić information content (AvgIpc) is 2.05. The van der Waals surface area contributed by atoms with Crippen molar-refractivity contribution in [2.75, 3.05) is 0 Å². The van der Waals surface area contributed by atoms with Crippen molar-refractivity contribution in [3.63, 3.8) is 0 Å². The summed E-state index contributed by atoms with van der Waals surface area (Å²) in [5.74, 6) is 3.32. The number of hydrogen-bond acceptors (Lipinski definition) is 1. The number of nitrogens with one attached hydrogen (secondary N) is 1. The SMILES string of the molecule is O=C(O)NC#CC1CCCCC1. The maximum Gasteiger partial charge on any atom is 0.416 e. The van der Waals surface area contributed by atoms with Crippen molar-refractivity contribution in [1.29, 1.82) is 0 Å². The molecule has 0 bridgehead atoms. The van der Waals surface area contributed by atoms with Gasteiger partial charge in [-0.25, -0.2) is 10.1 Å². The van der Waals surface area contributed by atoms with Gasteiger partial charge in [0.15, 0.2) is 0 Å². The Morgan fingerprint density at radius 3 is 2.58 bits per heavy atom. The third-order valence-electron chi connectivity index (χ3n) is 2.05. The Kier molecular flexibility index (Phi) is 3.46. The first kappa shape index (κ1) is 8.92. The van der Waals surface area contributed by atoms with E-state index in [1.54, 1.807) is 0 Å². The van der Waals surface area contributed by atoms with E-state index in [2.05, 4.69) is 12.0 Å². The van der Waals surface area contributed by atoms with Gasteiger partial charge in [-0.15, -0.1) is 0 Å². The molecule has 12 heavy (non-hydrogen) atoms. The zero-order valence-corrected chi connectivity index (χ0v) is 6.97. The monoisotopic (exact) mass is 167 g/mol. The van der Waals surface area contributed by atoms with E-state index in [9.17, 15) is 4.79 Å². The van der Waals surface area contributed by atoms with Crippen molar-refractivity contribution in [2.45, 2.75) is 32.1 Å². The summed E-state index contributed by atoms with van der Waals surface area (Å²) in [5.41, 5.74) is 0. The predicted molar refractivity (Wildman–Crippen MR) is 45.5 cm³/mol. The highest BCUT2D eigenvalue weighted by Crippen LogP contribution is 2.22. The minimum Gasteiger partial charge on any atom is -0.464 e. The van der Waals surface area contributed by atoms with Crippen LogP contribution in [0.15, 0.2) is 0 Å². The molecular formula is C9H13NO2. The largest absolute Gasteiger partial charge is 0.464 e. The Hall–Kier alpha value is -1.17. The standard InChI is InChI=1S/C9H13NO2/c11-9(12)10-7-6-8-4-2-1-3-5-8/h8,10H,1-5H2,(H,11,12). The lowest BCUT2D eigenvalue weighted by atomic mass is 9.90. The van der Waals surface area contributed by atoms with E-state index >= 15 is 0 Å². The number of carboxylic acid groups (broad SMARTS) is 1. The third-order valence-corrected chi connectivity index (χ3v) is 2.05. The molecule has 1 rings (SSSR count). The Bertz CT molecular complexity index is 208. The molecule has 0 unspecified atom stereocenters. The normalized spacial score (nSPS) is 17.7. The molecule has 1 saturated carbocycles. The van der Waals surface area contributed by atoms with Gasteiger partial charge in [0.05, 0.1) is 0 Å². The van der Waals surface area contributed by atoms with E-state index < -0.39 is 6.09 Å². The van der Waals surface area contributed by atoms with Gasteiger partial charge in [-0.3, -0.25) is 0 Å². The lowest BCUT2D eigenvalue weighted by molar-refractivity contribution is 0.199. The Morgan fingerprint density at radius 2 is 2.00 bits per heavy atom. The van der Waals surface area contributed by atoms with Crippen molar-refractivity contribution in [3.05, 3.63) is 0 Å². The molecule has 3 nitrogen and oxygen atoms in total. The summed E-state index contributed by atoms with van der Waals surface area (Å²) >= 11 is 0. The van der Waals surface area contributed by atoms with Gasteiger partial charge in [0.2, 0.25) is 0 Å². The summed E-state index contributed by atoms with van der Waals surface area (Å²) in [5, 5.41) is 10.3. The molecule has 66 valence electrons. The van der Waals surface area contributed by atoms with E-state index in [0.29, 0.717) is 5.92 Å². The van der Waals surface area contributed by atoms with E-state index in [1.165, 1.54) is 19.3 Å². The van der Waals surface area contributed by atoms with Gasteiger partial charge < -0.3 is 5.11 Å². The molecular weight excluding hydrogens is 154 g/mol. The van der Waals surface area contributed by atoms with Gasteiger partial charge in [-0.2, -0.15) is 0 Å². The van der Waals surface area contributed by atoms with Crippen LogP contribution in [0.25, 0.3) is 0 Å². The lowest BCUT2D eigenvalue weighted by Gasteiger charge is -2.15. The lowest BCUT2D eigenvalue weighted by Crippen LogP contribution is -2.14. The minimum absolute atomic E-state index is 0.408. The number of amides is 1. The molecule has 2 N–H and O–H groups in total. The minimum atomic E-state index is -1.07. The van der Waals surface area contributed by atoms with Crippen LogP contribution in [0.2, 0.25) is 0 Å². The van der Waals surface area contributed by atoms with Crippen LogP contribution in [0, 0.1) is 17.9 Å². The number of rotatable bonds is 0. The van der Waals surface area contributed by atoms with Crippen LogP contribution in [0.3, 0.4) is 0 Å². The molecule has 0 spiro atoms. The summed E-state index contributed by atoms with van der Waals surface area (Å²) < 4.78 is 0. The van der Waals surface area contributed by atoms with Gasteiger partial charge >= 0.3 is 6.09 Å². The van der Waals surface area contributed by atoms with Crippen LogP contribution in [0.5, 0.6) is 0 Å². The quantitative estimate of drug-likeness (QED) is 0.427. The van der Waals surface area contributed by atoms with Crippen molar-refractivity contribution >= 4 is 6.09 Å². The third kappa shape index (κ3) is 3.29. The summed E-state index contributed by atoms with van der Waals surface area (Å²) in [6.45, 7) is 0. The van der Waals surface area contributed by atoms with Crippen molar-refractivity contribution in [3.8, 4) is 12.0 Å². The highest BCUT2D eigenvalue weighted by atomic mass is 16.4. The summed E-state index contributed by atoms with van der Waals surface area (Å²) in [7, 11) is 0. The fourth-order valence-corrected chi connectivity index (χ4v) is 1.44. The average molecular weight is 167 g/mol. The molecule has 1 aliphatic rings. The second-order valence-corrected chi connectivity index (χ2v) is 3.03. The van der Waals surface area contributed by atoms with E-state index in [4.69, 9.17) is 5.11 Å². The maximum absolute atomic E-state index is 10.0. The molecule has 1 fully saturated rings. The molecule has 3 heteroatoms. The number of carbonyl (C=O) groups is 1. The fourth-order valence-electron chi connectivity index (χ4n) is 1.44. The van der Waals surface area contributed by atoms with Crippen LogP contribution in [-0.4, -0.2) is 11.2 Å². The zero-order chi connectivity index (χ0) is 8.81. The van der Waals surface area contributed by atoms with Gasteiger partial charge in [0, 0.05) is 12.0 Å². The zero-order valence-electron chi connectivity index (χ0n) is 6.97. The molecule has 0 radical (unpaired) electrons. The van der Waals surface area contributed by atoms with E-state index in [-0.39, 0.29) is 0 Å². The van der Waals surface area contributed by atoms with Crippen molar-refractivity contribution < 1.29 is 9.90 Å². The molecule has 0 aromatic heterocycles. The van der Waals surface area contributed by atoms with Gasteiger partial charge in [-0.05, 0) is 12.8 Å². The molecule has 0 aliphatic heterocycles. The van der Waals surface area contributed by atoms with Crippen LogP contribution in [0.4, 0.5) is 4.79 Å². The second-order valence-electron chi connectivity index (χ2n) is 3.03. The first-order valence-electron chi connectivity index (χ1n) is 4.28. The second kappa shape index (κ2) is 4.66. The molecule has 0 aromatic carbocycles.